The summed E-state index contributed by atoms with van der Waals surface area (Å²) in [4.78, 5) is 90.7. The van der Waals surface area contributed by atoms with Gasteiger partial charge in [-0.15, -0.1) is 0 Å². The Bertz CT molecular complexity index is 1860. The molecule has 6 fully saturated rings. The second-order valence-electron chi connectivity index (χ2n) is 24.7. The number of alkyl carbamates (subject to hydrolysis) is 3. The molecule has 0 spiro atoms. The van der Waals surface area contributed by atoms with E-state index in [0.717, 1.165) is 39.3 Å². The van der Waals surface area contributed by atoms with Gasteiger partial charge in [0.15, 0.2) is 0 Å². The lowest BCUT2D eigenvalue weighted by Crippen LogP contribution is -2.60. The van der Waals surface area contributed by atoms with Crippen LogP contribution in [0, 0.1) is 32.5 Å². The predicted molar refractivity (Wildman–Crippen MR) is 251 cm³/mol. The zero-order chi connectivity index (χ0) is 47.9. The van der Waals surface area contributed by atoms with Gasteiger partial charge in [0.2, 0.25) is 0 Å². The van der Waals surface area contributed by atoms with Crippen molar-refractivity contribution in [2.45, 2.75) is 158 Å². The Morgan fingerprint density at radius 2 is 0.682 bits per heavy atom. The van der Waals surface area contributed by atoms with Gasteiger partial charge in [-0.05, 0) is 90.3 Å². The Kier molecular flexibility index (Phi) is 14.6. The molecule has 3 aliphatic heterocycles. The number of ether oxygens (including phenoxy) is 3. The molecule has 0 bridgehead atoms. The van der Waals surface area contributed by atoms with E-state index >= 15 is 14.4 Å². The van der Waals surface area contributed by atoms with E-state index in [1.54, 1.807) is 0 Å². The molecular formula is C48H81N9O9. The number of rotatable bonds is 18. The van der Waals surface area contributed by atoms with E-state index < -0.39 is 51.6 Å². The summed E-state index contributed by atoms with van der Waals surface area (Å²) in [7, 11) is 0. The first-order chi connectivity index (χ1) is 30.8. The van der Waals surface area contributed by atoms with Crippen LogP contribution < -0.4 is 33.0 Å². The fourth-order valence-electron chi connectivity index (χ4n) is 13.1. The van der Waals surface area contributed by atoms with E-state index in [0.29, 0.717) is 97.2 Å². The Balaban J connectivity index is 1.18. The summed E-state index contributed by atoms with van der Waals surface area (Å²) in [6.45, 7) is 28.3. The molecule has 372 valence electrons. The molecule has 3 N–H and O–H groups in total. The van der Waals surface area contributed by atoms with E-state index in [-0.39, 0.29) is 54.0 Å². The number of nitrogens with one attached hydrogen (secondary N) is 3. The zero-order valence-electron chi connectivity index (χ0n) is 41.6. The summed E-state index contributed by atoms with van der Waals surface area (Å²) in [5.74, 6) is 0. The number of amides is 3. The average molecular weight is 928 g/mol. The van der Waals surface area contributed by atoms with Crippen LogP contribution in [-0.2, 0) is 33.8 Å². The van der Waals surface area contributed by atoms with Gasteiger partial charge in [-0.2, -0.15) is 0 Å². The first kappa shape index (κ1) is 50.0. The SMILES string of the molecule is CC1(C)CC(NC(=O)OCCN2CC2)CC(C)(Cn2c(=O)n(C[C@]3(C)C[C@H](NC(=O)OCCN4CC4)CC(C)(C)C3)c(=O)n(C[C@]3(C)C[C@@H](NC(=O)OCCN4CC4)CC(C)(C)C3)c2=O)C1. The van der Waals surface area contributed by atoms with Gasteiger partial charge in [0, 0.05) is 96.7 Å². The molecule has 18 heteroatoms. The Morgan fingerprint density at radius 1 is 0.439 bits per heavy atom. The maximum atomic E-state index is 15.0. The third-order valence-electron chi connectivity index (χ3n) is 14.8. The first-order valence-electron chi connectivity index (χ1n) is 24.7. The minimum absolute atomic E-state index is 0.0435. The van der Waals surface area contributed by atoms with E-state index in [1.165, 1.54) is 13.7 Å². The van der Waals surface area contributed by atoms with Crippen LogP contribution in [0.5, 0.6) is 0 Å². The predicted octanol–water partition coefficient (Wildman–Crippen LogP) is 4.05. The molecule has 6 aliphatic rings. The molecule has 2 unspecified atom stereocenters. The molecule has 3 aliphatic carbocycles. The Labute approximate surface area is 390 Å². The summed E-state index contributed by atoms with van der Waals surface area (Å²) >= 11 is 0. The summed E-state index contributed by atoms with van der Waals surface area (Å²) in [6, 6.07) is -0.770. The highest BCUT2D eigenvalue weighted by Gasteiger charge is 2.47. The fourth-order valence-corrected chi connectivity index (χ4v) is 13.1. The van der Waals surface area contributed by atoms with Gasteiger partial charge in [-0.1, -0.05) is 62.3 Å². The third kappa shape index (κ3) is 14.1. The summed E-state index contributed by atoms with van der Waals surface area (Å²) in [5, 5.41) is 9.27. The van der Waals surface area contributed by atoms with Gasteiger partial charge >= 0.3 is 35.3 Å². The van der Waals surface area contributed by atoms with Crippen molar-refractivity contribution in [2.24, 2.45) is 32.5 Å². The lowest BCUT2D eigenvalue weighted by atomic mass is 9.62. The third-order valence-corrected chi connectivity index (χ3v) is 14.8. The zero-order valence-corrected chi connectivity index (χ0v) is 41.6. The van der Waals surface area contributed by atoms with Crippen molar-refractivity contribution in [3.05, 3.63) is 31.5 Å². The second-order valence-corrected chi connectivity index (χ2v) is 24.7. The van der Waals surface area contributed by atoms with Gasteiger partial charge in [-0.25, -0.2) is 42.5 Å². The van der Waals surface area contributed by atoms with Crippen molar-refractivity contribution < 1.29 is 28.6 Å². The molecule has 0 aromatic carbocycles. The van der Waals surface area contributed by atoms with Gasteiger partial charge in [-0.3, -0.25) is 14.7 Å². The lowest BCUT2D eigenvalue weighted by molar-refractivity contribution is 0.0397. The van der Waals surface area contributed by atoms with E-state index in [9.17, 15) is 14.4 Å². The molecule has 6 atom stereocenters. The van der Waals surface area contributed by atoms with Crippen LogP contribution in [0.15, 0.2) is 14.4 Å². The van der Waals surface area contributed by atoms with Gasteiger partial charge < -0.3 is 30.2 Å². The Hall–Kier alpha value is -3.90. The van der Waals surface area contributed by atoms with Crippen LogP contribution in [0.3, 0.4) is 0 Å². The van der Waals surface area contributed by atoms with Crippen molar-refractivity contribution in [2.75, 3.05) is 78.7 Å². The smallest absolute Gasteiger partial charge is 0.407 e. The minimum atomic E-state index is -0.660. The first-order valence-corrected chi connectivity index (χ1v) is 24.7. The van der Waals surface area contributed by atoms with E-state index in [2.05, 4.69) is 93.0 Å². The van der Waals surface area contributed by atoms with Gasteiger partial charge in [0.25, 0.3) is 0 Å². The molecule has 3 amide bonds. The Morgan fingerprint density at radius 3 is 0.909 bits per heavy atom. The van der Waals surface area contributed by atoms with Crippen LogP contribution in [0.25, 0.3) is 0 Å². The fraction of sp³-hybridized carbons (Fsp3) is 0.875. The number of carbonyl (C=O) groups is 3. The van der Waals surface area contributed by atoms with Crippen molar-refractivity contribution >= 4 is 18.3 Å². The lowest BCUT2D eigenvalue weighted by Gasteiger charge is -2.48. The van der Waals surface area contributed by atoms with Gasteiger partial charge in [0.1, 0.15) is 19.8 Å². The number of hydrogen-bond donors (Lipinski definition) is 3. The topological polar surface area (TPSA) is 190 Å². The number of nitrogens with zero attached hydrogens (tertiary/aromatic N) is 6. The molecular weight excluding hydrogens is 847 g/mol. The minimum Gasteiger partial charge on any atom is -0.448 e. The molecule has 1 aromatic heterocycles. The second kappa shape index (κ2) is 19.2. The van der Waals surface area contributed by atoms with Crippen LogP contribution in [-0.4, -0.2) is 144 Å². The summed E-state index contributed by atoms with van der Waals surface area (Å²) in [6.07, 6.45) is 4.21. The van der Waals surface area contributed by atoms with Crippen LogP contribution in [0.2, 0.25) is 0 Å². The van der Waals surface area contributed by atoms with Crippen LogP contribution >= 0.6 is 0 Å². The number of carbonyl (C=O) groups excluding carboxylic acids is 3. The molecule has 0 radical (unpaired) electrons. The van der Waals surface area contributed by atoms with Crippen LogP contribution in [0.1, 0.15) is 120 Å². The quantitative estimate of drug-likeness (QED) is 0.142. The summed E-state index contributed by atoms with van der Waals surface area (Å²) < 4.78 is 20.4. The standard InChI is InChI=1S/C48H81N9O9/c1-43(2)22-34(49-37(58)64-19-16-52-10-11-52)25-46(7,28-43)31-55-40(61)56(32-47(8)26-35(23-44(3,4)29-47)50-38(59)65-20-17-53-12-13-53)42(63)57(41(55)62)33-48(9)27-36(24-45(5,6)30-48)51-39(60)66-21-18-54-14-15-54/h34-36H,10-33H2,1-9H3,(H,49,58)(H,50,59)(H,51,60)/t34-,35+,36?,46-,47-,48?/m1/s1. The average Bonchev–Trinajstić information content (AvgIpc) is 3.99. The van der Waals surface area contributed by atoms with Gasteiger partial charge in [0.05, 0.1) is 0 Å². The molecule has 3 saturated carbocycles. The van der Waals surface area contributed by atoms with Crippen LogP contribution in [0.4, 0.5) is 14.4 Å². The monoisotopic (exact) mass is 928 g/mol. The van der Waals surface area contributed by atoms with Crippen molar-refractivity contribution in [3.8, 4) is 0 Å². The van der Waals surface area contributed by atoms with Crippen molar-refractivity contribution in [3.63, 3.8) is 0 Å². The highest BCUT2D eigenvalue weighted by atomic mass is 16.6. The number of aromatic nitrogens is 3. The van der Waals surface area contributed by atoms with E-state index in [4.69, 9.17) is 14.2 Å². The molecule has 66 heavy (non-hydrogen) atoms. The number of hydrogen-bond acceptors (Lipinski definition) is 12. The summed E-state index contributed by atoms with van der Waals surface area (Å²) in [5.41, 5.74) is -4.58. The maximum absolute atomic E-state index is 15.0. The highest BCUT2D eigenvalue weighted by molar-refractivity contribution is 5.68. The van der Waals surface area contributed by atoms with E-state index in [1.807, 2.05) is 0 Å². The van der Waals surface area contributed by atoms with Crippen molar-refractivity contribution in [1.29, 1.82) is 0 Å². The molecule has 3 saturated heterocycles. The largest absolute Gasteiger partial charge is 0.448 e. The van der Waals surface area contributed by atoms with Crippen molar-refractivity contribution in [1.82, 2.24) is 44.4 Å². The molecule has 1 aromatic rings. The normalized spacial score (nSPS) is 31.3. The molecule has 7 rings (SSSR count). The molecule has 18 nitrogen and oxygen atoms in total. The molecule has 4 heterocycles. The maximum Gasteiger partial charge on any atom is 0.407 e. The highest BCUT2D eigenvalue weighted by Crippen LogP contribution is 2.49.